The molecule has 3 nitrogen and oxygen atoms in total. The molecule has 3 aromatic carbocycles. The van der Waals surface area contributed by atoms with E-state index < -0.39 is 48.4 Å². The van der Waals surface area contributed by atoms with Gasteiger partial charge < -0.3 is 15.2 Å². The number of alkyl halides is 11. The molecule has 0 aliphatic rings. The fourth-order valence-electron chi connectivity index (χ4n) is 3.61. The lowest BCUT2D eigenvalue weighted by Crippen LogP contribution is -2.35. The quantitative estimate of drug-likeness (QED) is 0.177. The summed E-state index contributed by atoms with van der Waals surface area (Å²) in [5.41, 5.74) is -5.73. The van der Waals surface area contributed by atoms with Crippen molar-refractivity contribution in [3.8, 4) is 5.75 Å². The van der Waals surface area contributed by atoms with E-state index in [0.717, 1.165) is 6.07 Å². The minimum absolute atomic E-state index is 0.0372. The second-order valence-corrected chi connectivity index (χ2v) is 9.79. The normalized spacial score (nSPS) is 13.7. The summed E-state index contributed by atoms with van der Waals surface area (Å²) in [6, 6.07) is 12.5. The van der Waals surface area contributed by atoms with Gasteiger partial charge in [-0.1, -0.05) is 36.4 Å². The summed E-state index contributed by atoms with van der Waals surface area (Å²) < 4.78 is 149. The molecule has 0 saturated carbocycles. The van der Waals surface area contributed by atoms with Gasteiger partial charge >= 0.3 is 23.8 Å². The highest BCUT2D eigenvalue weighted by molar-refractivity contribution is 8.00. The number of benzene rings is 3. The number of hydrogen-bond acceptors (Lipinski definition) is 4. The number of aliphatic hydroxyl groups is 1. The second kappa shape index (κ2) is 12.3. The smallest absolute Gasteiger partial charge is 0.458 e. The van der Waals surface area contributed by atoms with Crippen LogP contribution in [-0.4, -0.2) is 35.6 Å². The van der Waals surface area contributed by atoms with E-state index in [2.05, 4.69) is 5.32 Å². The fraction of sp³-hybridized carbons (Fsp3) is 0.308. The van der Waals surface area contributed by atoms with Crippen LogP contribution in [0.15, 0.2) is 71.6 Å². The largest absolute Gasteiger partial charge is 0.489 e. The van der Waals surface area contributed by atoms with Crippen LogP contribution in [0.2, 0.25) is 0 Å². The highest BCUT2D eigenvalue weighted by Gasteiger charge is 2.58. The van der Waals surface area contributed by atoms with E-state index in [9.17, 15) is 53.4 Å². The Hall–Kier alpha value is -3.20. The minimum atomic E-state index is -5.88. The Morgan fingerprint density at radius 3 is 2.05 bits per heavy atom. The van der Waals surface area contributed by atoms with E-state index in [1.165, 1.54) is 48.5 Å². The van der Waals surface area contributed by atoms with Crippen LogP contribution in [0.1, 0.15) is 22.3 Å². The van der Waals surface area contributed by atoms with Crippen molar-refractivity contribution in [3.05, 3.63) is 89.0 Å². The summed E-state index contributed by atoms with van der Waals surface area (Å²) in [5, 5.41) is 11.7. The van der Waals surface area contributed by atoms with Gasteiger partial charge in [-0.2, -0.15) is 48.3 Å². The van der Waals surface area contributed by atoms with E-state index in [0.29, 0.717) is 12.1 Å². The molecule has 3 rings (SSSR count). The van der Waals surface area contributed by atoms with E-state index in [-0.39, 0.29) is 51.4 Å². The molecule has 0 spiro atoms. The van der Waals surface area contributed by atoms with Crippen LogP contribution in [0.4, 0.5) is 54.0 Å². The average molecular weight is 619 g/mol. The van der Waals surface area contributed by atoms with E-state index in [4.69, 9.17) is 4.74 Å². The first-order chi connectivity index (χ1) is 18.9. The lowest BCUT2D eigenvalue weighted by Gasteiger charge is -2.22. The summed E-state index contributed by atoms with van der Waals surface area (Å²) in [5.74, 6) is -5.23. The zero-order valence-electron chi connectivity index (χ0n) is 20.5. The standard InChI is InChI=1S/C26H20F11NO2S/c27-23(28,25(32,33)34)17-6-1-4-15(10-17)12-19-20(38-13-22(39)24(29,30)31)8-3-9-21(19)40-14-16-5-2-7-18(11-16)41-26(35,36)37/h1-11,22,38-39H,12-14H2/t22-/m1/s1. The Labute approximate surface area is 230 Å². The third-order valence-electron chi connectivity index (χ3n) is 5.55. The van der Waals surface area contributed by atoms with Crippen LogP contribution < -0.4 is 10.1 Å². The highest BCUT2D eigenvalue weighted by Crippen LogP contribution is 2.44. The number of anilines is 1. The van der Waals surface area contributed by atoms with Gasteiger partial charge in [-0.05, 0) is 53.2 Å². The molecule has 0 aliphatic heterocycles. The van der Waals surface area contributed by atoms with Gasteiger partial charge in [-0.15, -0.1) is 0 Å². The maximum atomic E-state index is 13.9. The fourth-order valence-corrected chi connectivity index (χ4v) is 4.23. The molecule has 0 fully saturated rings. The van der Waals surface area contributed by atoms with Crippen molar-refractivity contribution < 1.29 is 58.1 Å². The summed E-state index contributed by atoms with van der Waals surface area (Å²) in [6.45, 7) is -1.34. The van der Waals surface area contributed by atoms with Gasteiger partial charge in [0.05, 0.1) is 0 Å². The number of nitrogens with one attached hydrogen (secondary N) is 1. The number of ether oxygens (including phenoxy) is 1. The monoisotopic (exact) mass is 619 g/mol. The highest BCUT2D eigenvalue weighted by atomic mass is 32.2. The van der Waals surface area contributed by atoms with Crippen LogP contribution in [0.5, 0.6) is 5.75 Å². The molecule has 15 heteroatoms. The van der Waals surface area contributed by atoms with Gasteiger partial charge in [0, 0.05) is 34.7 Å². The predicted octanol–water partition coefficient (Wildman–Crippen LogP) is 8.46. The third-order valence-corrected chi connectivity index (χ3v) is 6.27. The molecular formula is C26H20F11NO2S. The molecule has 0 heterocycles. The molecule has 0 aromatic heterocycles. The molecule has 41 heavy (non-hydrogen) atoms. The van der Waals surface area contributed by atoms with Crippen molar-refractivity contribution in [1.82, 2.24) is 0 Å². The predicted molar refractivity (Wildman–Crippen MR) is 129 cm³/mol. The number of thioether (sulfide) groups is 1. The SMILES string of the molecule is O[C@H](CNc1cccc(OCc2cccc(SC(F)(F)F)c2)c1Cc1cccc(C(F)(F)C(F)(F)F)c1)C(F)(F)F. The van der Waals surface area contributed by atoms with Crippen molar-refractivity contribution in [2.45, 2.75) is 47.8 Å². The molecule has 1 atom stereocenters. The van der Waals surface area contributed by atoms with Crippen molar-refractivity contribution >= 4 is 17.4 Å². The second-order valence-electron chi connectivity index (χ2n) is 8.65. The zero-order chi connectivity index (χ0) is 30.6. The first-order valence-electron chi connectivity index (χ1n) is 11.5. The Morgan fingerprint density at radius 1 is 0.780 bits per heavy atom. The first-order valence-corrected chi connectivity index (χ1v) is 12.3. The zero-order valence-corrected chi connectivity index (χ0v) is 21.3. The van der Waals surface area contributed by atoms with E-state index in [1.807, 2.05) is 0 Å². The van der Waals surface area contributed by atoms with Crippen molar-refractivity contribution in [1.29, 1.82) is 0 Å². The summed E-state index contributed by atoms with van der Waals surface area (Å²) in [4.78, 5) is -0.141. The van der Waals surface area contributed by atoms with Crippen molar-refractivity contribution in [2.24, 2.45) is 0 Å². The van der Waals surface area contributed by atoms with Crippen LogP contribution >= 0.6 is 11.8 Å². The number of hydrogen-bond donors (Lipinski definition) is 2. The molecule has 0 bridgehead atoms. The summed E-state index contributed by atoms with van der Waals surface area (Å²) in [7, 11) is 0. The lowest BCUT2D eigenvalue weighted by atomic mass is 9.98. The minimum Gasteiger partial charge on any atom is -0.489 e. The van der Waals surface area contributed by atoms with Gasteiger partial charge in [0.15, 0.2) is 6.10 Å². The molecule has 3 aromatic rings. The number of aliphatic hydroxyl groups excluding tert-OH is 1. The van der Waals surface area contributed by atoms with Crippen LogP contribution in [0.3, 0.4) is 0 Å². The Kier molecular flexibility index (Phi) is 9.73. The Morgan fingerprint density at radius 2 is 1.41 bits per heavy atom. The number of rotatable bonds is 10. The summed E-state index contributed by atoms with van der Waals surface area (Å²) in [6.07, 6.45) is -14.0. The Bertz CT molecular complexity index is 1320. The molecule has 0 unspecified atom stereocenters. The lowest BCUT2D eigenvalue weighted by molar-refractivity contribution is -0.289. The maximum Gasteiger partial charge on any atom is 0.458 e. The van der Waals surface area contributed by atoms with Gasteiger partial charge in [-0.25, -0.2) is 0 Å². The maximum absolute atomic E-state index is 13.9. The molecule has 224 valence electrons. The molecular weight excluding hydrogens is 599 g/mol. The molecule has 0 saturated heterocycles. The van der Waals surface area contributed by atoms with Gasteiger partial charge in [0.25, 0.3) is 0 Å². The first kappa shape index (κ1) is 32.3. The topological polar surface area (TPSA) is 41.5 Å². The van der Waals surface area contributed by atoms with Crippen LogP contribution in [-0.2, 0) is 19.0 Å². The molecule has 0 aliphatic carbocycles. The molecule has 0 amide bonds. The van der Waals surface area contributed by atoms with E-state index >= 15 is 0 Å². The van der Waals surface area contributed by atoms with Crippen molar-refractivity contribution in [2.75, 3.05) is 11.9 Å². The average Bonchev–Trinajstić information content (AvgIpc) is 2.85. The molecule has 2 N–H and O–H groups in total. The third kappa shape index (κ3) is 8.89. The molecule has 0 radical (unpaired) electrons. The van der Waals surface area contributed by atoms with Gasteiger partial charge in [-0.3, -0.25) is 0 Å². The number of halogens is 11. The van der Waals surface area contributed by atoms with Crippen molar-refractivity contribution in [3.63, 3.8) is 0 Å². The van der Waals surface area contributed by atoms with Crippen LogP contribution in [0, 0.1) is 0 Å². The Balaban J connectivity index is 1.94. The van der Waals surface area contributed by atoms with E-state index in [1.54, 1.807) is 0 Å². The summed E-state index contributed by atoms with van der Waals surface area (Å²) >= 11 is -0.362. The van der Waals surface area contributed by atoms with Crippen LogP contribution in [0.25, 0.3) is 0 Å². The van der Waals surface area contributed by atoms with Gasteiger partial charge in [0.2, 0.25) is 0 Å². The van der Waals surface area contributed by atoms with Gasteiger partial charge in [0.1, 0.15) is 12.4 Å².